The summed E-state index contributed by atoms with van der Waals surface area (Å²) in [5.74, 6) is 0.749. The zero-order chi connectivity index (χ0) is 13.8. The third-order valence-corrected chi connectivity index (χ3v) is 5.07. The molecule has 1 nitrogen and oxygen atoms in total. The van der Waals surface area contributed by atoms with E-state index in [0.29, 0.717) is 6.04 Å². The highest BCUT2D eigenvalue weighted by Gasteiger charge is 2.31. The van der Waals surface area contributed by atoms with Crippen molar-refractivity contribution in [3.05, 3.63) is 57.8 Å². The van der Waals surface area contributed by atoms with Crippen molar-refractivity contribution < 1.29 is 0 Å². The van der Waals surface area contributed by atoms with Crippen molar-refractivity contribution in [3.63, 3.8) is 0 Å². The van der Waals surface area contributed by atoms with Crippen LogP contribution in [0.25, 0.3) is 0 Å². The number of rotatable bonds is 6. The molecule has 0 saturated heterocycles. The van der Waals surface area contributed by atoms with Crippen LogP contribution in [0.5, 0.6) is 0 Å². The molecule has 1 N–H and O–H groups in total. The monoisotopic (exact) mass is 285 g/mol. The quantitative estimate of drug-likeness (QED) is 0.818. The smallest absolute Gasteiger partial charge is 0.0354 e. The predicted molar refractivity (Wildman–Crippen MR) is 87.3 cm³/mol. The molecule has 1 aliphatic carbocycles. The molecular formula is C18H23NS. The molecule has 0 bridgehead atoms. The summed E-state index contributed by atoms with van der Waals surface area (Å²) in [5, 5.41) is 8.24. The highest BCUT2D eigenvalue weighted by molar-refractivity contribution is 7.07. The lowest BCUT2D eigenvalue weighted by Crippen LogP contribution is -2.26. The Kier molecular flexibility index (Phi) is 4.54. The van der Waals surface area contributed by atoms with Crippen LogP contribution in [0.4, 0.5) is 0 Å². The fraction of sp³-hybridized carbons (Fsp3) is 0.444. The van der Waals surface area contributed by atoms with E-state index >= 15 is 0 Å². The molecule has 0 radical (unpaired) electrons. The van der Waals surface area contributed by atoms with E-state index in [2.05, 4.69) is 53.3 Å². The zero-order valence-electron chi connectivity index (χ0n) is 12.1. The first kappa shape index (κ1) is 13.8. The second-order valence-electron chi connectivity index (χ2n) is 5.77. The van der Waals surface area contributed by atoms with Gasteiger partial charge in [-0.1, -0.05) is 31.2 Å². The second-order valence-corrected chi connectivity index (χ2v) is 6.55. The zero-order valence-corrected chi connectivity index (χ0v) is 13.0. The number of thiophene rings is 1. The number of nitrogens with one attached hydrogen (secondary N) is 1. The molecule has 2 heteroatoms. The van der Waals surface area contributed by atoms with Crippen molar-refractivity contribution in [2.45, 2.75) is 38.6 Å². The average Bonchev–Trinajstić information content (AvgIpc) is 3.10. The summed E-state index contributed by atoms with van der Waals surface area (Å²) in [4.78, 5) is 0. The Morgan fingerprint density at radius 2 is 2.15 bits per heavy atom. The van der Waals surface area contributed by atoms with Gasteiger partial charge in [-0.3, -0.25) is 0 Å². The Bertz CT molecular complexity index is 532. The van der Waals surface area contributed by atoms with Gasteiger partial charge in [0.05, 0.1) is 0 Å². The van der Waals surface area contributed by atoms with E-state index < -0.39 is 0 Å². The summed E-state index contributed by atoms with van der Waals surface area (Å²) >= 11 is 1.81. The number of fused-ring (bicyclic) bond motifs is 1. The van der Waals surface area contributed by atoms with Crippen LogP contribution in [-0.2, 0) is 12.8 Å². The van der Waals surface area contributed by atoms with E-state index in [-0.39, 0.29) is 0 Å². The molecule has 2 unspecified atom stereocenters. The first-order valence-corrected chi connectivity index (χ1v) is 8.65. The number of aryl methyl sites for hydroxylation is 1. The third-order valence-electron chi connectivity index (χ3n) is 4.34. The van der Waals surface area contributed by atoms with Crippen LogP contribution in [0.1, 0.15) is 42.5 Å². The first-order valence-electron chi connectivity index (χ1n) is 7.70. The maximum atomic E-state index is 3.77. The maximum absolute atomic E-state index is 3.77. The van der Waals surface area contributed by atoms with Crippen LogP contribution >= 0.6 is 11.3 Å². The van der Waals surface area contributed by atoms with E-state index in [1.54, 1.807) is 5.56 Å². The fourth-order valence-electron chi connectivity index (χ4n) is 3.31. The van der Waals surface area contributed by atoms with Gasteiger partial charge in [-0.05, 0) is 71.7 Å². The van der Waals surface area contributed by atoms with Gasteiger partial charge >= 0.3 is 0 Å². The summed E-state index contributed by atoms with van der Waals surface area (Å²) in [7, 11) is 0. The molecule has 1 aliphatic rings. The van der Waals surface area contributed by atoms with E-state index in [9.17, 15) is 0 Å². The predicted octanol–water partition coefficient (Wildman–Crippen LogP) is 4.59. The number of benzene rings is 1. The second kappa shape index (κ2) is 6.55. The van der Waals surface area contributed by atoms with E-state index in [4.69, 9.17) is 0 Å². The van der Waals surface area contributed by atoms with Crippen molar-refractivity contribution in [1.29, 1.82) is 0 Å². The molecule has 0 fully saturated rings. The molecule has 2 aromatic rings. The van der Waals surface area contributed by atoms with Gasteiger partial charge in [-0.15, -0.1) is 0 Å². The molecule has 20 heavy (non-hydrogen) atoms. The van der Waals surface area contributed by atoms with Gasteiger partial charge in [-0.25, -0.2) is 0 Å². The van der Waals surface area contributed by atoms with Crippen LogP contribution in [0.3, 0.4) is 0 Å². The van der Waals surface area contributed by atoms with Crippen molar-refractivity contribution in [2.75, 3.05) is 6.54 Å². The van der Waals surface area contributed by atoms with Crippen LogP contribution in [0, 0.1) is 5.92 Å². The van der Waals surface area contributed by atoms with Crippen molar-refractivity contribution in [3.8, 4) is 0 Å². The van der Waals surface area contributed by atoms with Gasteiger partial charge in [0.25, 0.3) is 0 Å². The van der Waals surface area contributed by atoms with Gasteiger partial charge < -0.3 is 5.32 Å². The first-order chi connectivity index (χ1) is 9.88. The van der Waals surface area contributed by atoms with Gasteiger partial charge in [-0.2, -0.15) is 11.3 Å². The standard InChI is InChI=1S/C18H23NS/c1-2-10-19-18-16(8-7-14-9-11-20-13-14)12-15-5-3-4-6-17(15)18/h3-6,9,11,13,16,18-19H,2,7-8,10,12H2,1H3. The number of hydrogen-bond acceptors (Lipinski definition) is 2. The van der Waals surface area contributed by atoms with E-state index in [0.717, 1.165) is 12.5 Å². The van der Waals surface area contributed by atoms with Crippen LogP contribution in [0.2, 0.25) is 0 Å². The molecule has 106 valence electrons. The van der Waals surface area contributed by atoms with Gasteiger partial charge in [0, 0.05) is 6.04 Å². The molecule has 0 amide bonds. The van der Waals surface area contributed by atoms with Crippen molar-refractivity contribution >= 4 is 11.3 Å². The van der Waals surface area contributed by atoms with E-state index in [1.165, 1.54) is 36.8 Å². The molecule has 1 aromatic heterocycles. The lowest BCUT2D eigenvalue weighted by molar-refractivity contribution is 0.368. The molecule has 3 rings (SSSR count). The molecule has 2 atom stereocenters. The molecular weight excluding hydrogens is 262 g/mol. The number of hydrogen-bond donors (Lipinski definition) is 1. The Hall–Kier alpha value is -1.12. The van der Waals surface area contributed by atoms with Crippen LogP contribution in [0.15, 0.2) is 41.1 Å². The third kappa shape index (κ3) is 2.97. The summed E-state index contributed by atoms with van der Waals surface area (Å²) in [6, 6.07) is 11.8. The van der Waals surface area contributed by atoms with Crippen LogP contribution < -0.4 is 5.32 Å². The molecule has 1 heterocycles. The largest absolute Gasteiger partial charge is 0.310 e. The Morgan fingerprint density at radius 3 is 2.95 bits per heavy atom. The Balaban J connectivity index is 1.70. The topological polar surface area (TPSA) is 12.0 Å². The molecule has 0 saturated carbocycles. The van der Waals surface area contributed by atoms with Gasteiger partial charge in [0.15, 0.2) is 0 Å². The van der Waals surface area contributed by atoms with Crippen molar-refractivity contribution in [1.82, 2.24) is 5.32 Å². The minimum Gasteiger partial charge on any atom is -0.310 e. The lowest BCUT2D eigenvalue weighted by Gasteiger charge is -2.21. The highest BCUT2D eigenvalue weighted by Crippen LogP contribution is 2.38. The van der Waals surface area contributed by atoms with Crippen molar-refractivity contribution in [2.24, 2.45) is 5.92 Å². The summed E-state index contributed by atoms with van der Waals surface area (Å²) in [6.07, 6.45) is 4.94. The van der Waals surface area contributed by atoms with Crippen LogP contribution in [-0.4, -0.2) is 6.54 Å². The minimum absolute atomic E-state index is 0.560. The Labute approximate surface area is 126 Å². The maximum Gasteiger partial charge on any atom is 0.0354 e. The minimum atomic E-state index is 0.560. The lowest BCUT2D eigenvalue weighted by atomic mass is 9.93. The summed E-state index contributed by atoms with van der Waals surface area (Å²) in [6.45, 7) is 3.36. The highest BCUT2D eigenvalue weighted by atomic mass is 32.1. The van der Waals surface area contributed by atoms with E-state index in [1.807, 2.05) is 11.3 Å². The molecule has 0 spiro atoms. The fourth-order valence-corrected chi connectivity index (χ4v) is 4.01. The molecule has 1 aromatic carbocycles. The van der Waals surface area contributed by atoms with Gasteiger partial charge in [0.1, 0.15) is 0 Å². The molecule has 0 aliphatic heterocycles. The summed E-state index contributed by atoms with van der Waals surface area (Å²) in [5.41, 5.74) is 4.59. The average molecular weight is 285 g/mol. The van der Waals surface area contributed by atoms with Gasteiger partial charge in [0.2, 0.25) is 0 Å². The SMILES string of the molecule is CCCNC1c2ccccc2CC1CCc1ccsc1. The normalized spacial score (nSPS) is 21.1. The summed E-state index contributed by atoms with van der Waals surface area (Å²) < 4.78 is 0. The Morgan fingerprint density at radius 1 is 1.25 bits per heavy atom.